The summed E-state index contributed by atoms with van der Waals surface area (Å²) in [7, 11) is -1.37. The van der Waals surface area contributed by atoms with Gasteiger partial charge in [-0.25, -0.2) is 12.1 Å². The van der Waals surface area contributed by atoms with Gasteiger partial charge in [-0.3, -0.25) is 0 Å². The average molecular weight is 379 g/mol. The summed E-state index contributed by atoms with van der Waals surface area (Å²) < 4.78 is 11.7. The van der Waals surface area contributed by atoms with Crippen molar-refractivity contribution >= 4 is 15.0 Å². The fourth-order valence-corrected chi connectivity index (χ4v) is 0.953. The smallest absolute Gasteiger partial charge is 0.675 e. The molecule has 0 amide bonds. The van der Waals surface area contributed by atoms with Crippen molar-refractivity contribution in [2.24, 2.45) is 0 Å². The fourth-order valence-electron chi connectivity index (χ4n) is 0.503. The van der Waals surface area contributed by atoms with Crippen molar-refractivity contribution < 1.29 is 30.3 Å². The molecule has 0 unspecified atom stereocenters. The van der Waals surface area contributed by atoms with Gasteiger partial charge in [0.25, 0.3) is 0 Å². The Hall–Kier alpha value is 0.260. The minimum absolute atomic E-state index is 0. The van der Waals surface area contributed by atoms with E-state index in [1.54, 1.807) is 0 Å². The maximum absolute atomic E-state index is 11.7. The van der Waals surface area contributed by atoms with Gasteiger partial charge in [-0.1, -0.05) is 41.5 Å². The molecule has 1 aromatic rings. The molecule has 1 rings (SSSR count). The quantitative estimate of drug-likeness (QED) is 0.394. The normalized spacial score (nSPS) is 9.25. The topological polar surface area (TPSA) is 71.4 Å². The largest absolute Gasteiger partial charge is 4.00 e. The van der Waals surface area contributed by atoms with E-state index >= 15 is 0 Å². The Kier molecular flexibility index (Phi) is 30.6. The molecular formula is C14H30FN3SiZr. The Morgan fingerprint density at radius 3 is 1.10 bits per heavy atom. The average Bonchev–Trinajstić information content (AvgIpc) is 2.66. The van der Waals surface area contributed by atoms with Crippen molar-refractivity contribution in [2.45, 2.75) is 59.7 Å². The summed E-state index contributed by atoms with van der Waals surface area (Å²) in [6.07, 6.45) is 0. The zero-order valence-electron chi connectivity index (χ0n) is 13.6. The third-order valence-corrected chi connectivity index (χ3v) is 1.67. The molecule has 0 aliphatic carbocycles. The molecule has 0 radical (unpaired) electrons. The Morgan fingerprint density at radius 1 is 0.800 bits per heavy atom. The van der Waals surface area contributed by atoms with Crippen molar-refractivity contribution in [3.63, 3.8) is 0 Å². The molecule has 0 heterocycles. The first-order valence-corrected chi connectivity index (χ1v) is 7.77. The van der Waals surface area contributed by atoms with Gasteiger partial charge in [-0.15, -0.1) is 23.3 Å². The van der Waals surface area contributed by atoms with Crippen LogP contribution >= 0.6 is 0 Å². The van der Waals surface area contributed by atoms with Gasteiger partial charge in [-0.05, 0) is 0 Å². The molecule has 6 heteroatoms. The molecule has 116 valence electrons. The molecule has 0 spiro atoms. The molecule has 0 atom stereocenters. The molecule has 3 N–H and O–H groups in total. The Morgan fingerprint density at radius 2 is 1.00 bits per heavy atom. The summed E-state index contributed by atoms with van der Waals surface area (Å²) in [5, 5.41) is 0.903. The molecule has 1 aromatic carbocycles. The first kappa shape index (κ1) is 28.4. The van der Waals surface area contributed by atoms with E-state index in [0.29, 0.717) is 0 Å². The Bertz CT molecular complexity index is 220. The van der Waals surface area contributed by atoms with Gasteiger partial charge in [-0.2, -0.15) is 12.1 Å². The van der Waals surface area contributed by atoms with E-state index in [-0.39, 0.29) is 44.3 Å². The summed E-state index contributed by atoms with van der Waals surface area (Å²) in [6, 6.07) is 7.63. The standard InChI is InChI=1S/C5H6FSi.3C3H8N.Zr/c6-7-5-3-1-2-4-5;3*1-3(2)4;/h1-4H,7H2;3*3-4H,1-2H3;/q4*-1;+4. The molecule has 0 aliphatic heterocycles. The van der Waals surface area contributed by atoms with Gasteiger partial charge in [0.05, 0.1) is 0 Å². The fraction of sp³-hybridized carbons (Fsp3) is 0.643. The van der Waals surface area contributed by atoms with Crippen LogP contribution in [-0.2, 0) is 26.2 Å². The van der Waals surface area contributed by atoms with Gasteiger partial charge in [0.2, 0.25) is 0 Å². The molecular weight excluding hydrogens is 348 g/mol. The number of halogens is 1. The SMILES string of the molecule is CC(C)[NH-].CC(C)[NH-].CC(C)[NH-].F[SiH2][c-]1cccc1.[Zr+4]. The molecule has 0 aromatic heterocycles. The van der Waals surface area contributed by atoms with Gasteiger partial charge in [0, 0.05) is 0 Å². The van der Waals surface area contributed by atoms with E-state index in [9.17, 15) is 4.11 Å². The van der Waals surface area contributed by atoms with Gasteiger partial charge >= 0.3 is 26.2 Å². The van der Waals surface area contributed by atoms with E-state index < -0.39 is 9.85 Å². The van der Waals surface area contributed by atoms with Crippen LogP contribution in [-0.4, -0.2) is 28.0 Å². The molecule has 0 aliphatic rings. The van der Waals surface area contributed by atoms with E-state index in [2.05, 4.69) is 0 Å². The van der Waals surface area contributed by atoms with Gasteiger partial charge < -0.3 is 21.3 Å². The third-order valence-electron chi connectivity index (χ3n) is 0.886. The van der Waals surface area contributed by atoms with Crippen molar-refractivity contribution in [1.29, 1.82) is 0 Å². The summed E-state index contributed by atoms with van der Waals surface area (Å²) >= 11 is 0. The van der Waals surface area contributed by atoms with E-state index in [1.807, 2.05) is 65.8 Å². The first-order chi connectivity index (χ1) is 8.63. The van der Waals surface area contributed by atoms with Crippen LogP contribution in [0.1, 0.15) is 41.5 Å². The minimum Gasteiger partial charge on any atom is -0.675 e. The van der Waals surface area contributed by atoms with Crippen LogP contribution < -0.4 is 5.19 Å². The number of nitrogens with one attached hydrogen (secondary N) is 3. The predicted molar refractivity (Wildman–Crippen MR) is 89.7 cm³/mol. The predicted octanol–water partition coefficient (Wildman–Crippen LogP) is 4.42. The first-order valence-electron chi connectivity index (χ1n) is 6.53. The molecule has 0 saturated heterocycles. The van der Waals surface area contributed by atoms with Crippen molar-refractivity contribution in [3.05, 3.63) is 41.5 Å². The molecule has 3 nitrogen and oxygen atoms in total. The number of rotatable bonds is 1. The van der Waals surface area contributed by atoms with Gasteiger partial charge in [0.1, 0.15) is 0 Å². The monoisotopic (exact) mass is 377 g/mol. The second-order valence-electron chi connectivity index (χ2n) is 4.89. The molecule has 20 heavy (non-hydrogen) atoms. The summed E-state index contributed by atoms with van der Waals surface area (Å²) in [5.41, 5.74) is 19.8. The molecule has 0 bridgehead atoms. The van der Waals surface area contributed by atoms with Crippen LogP contribution in [0.2, 0.25) is 0 Å². The van der Waals surface area contributed by atoms with Crippen LogP contribution in [0.15, 0.2) is 24.3 Å². The zero-order chi connectivity index (χ0) is 15.8. The maximum atomic E-state index is 11.7. The van der Waals surface area contributed by atoms with Crippen LogP contribution in [0.25, 0.3) is 17.2 Å². The second-order valence-corrected chi connectivity index (χ2v) is 5.97. The van der Waals surface area contributed by atoms with Crippen LogP contribution in [0.3, 0.4) is 0 Å². The number of hydrogen-bond donors (Lipinski definition) is 0. The van der Waals surface area contributed by atoms with Crippen LogP contribution in [0.5, 0.6) is 0 Å². The van der Waals surface area contributed by atoms with E-state index in [1.165, 1.54) is 0 Å². The van der Waals surface area contributed by atoms with Crippen LogP contribution in [0, 0.1) is 0 Å². The van der Waals surface area contributed by atoms with Crippen molar-refractivity contribution in [2.75, 3.05) is 0 Å². The van der Waals surface area contributed by atoms with E-state index in [4.69, 9.17) is 17.2 Å². The molecule has 0 saturated carbocycles. The van der Waals surface area contributed by atoms with E-state index in [0.717, 1.165) is 5.19 Å². The second kappa shape index (κ2) is 21.6. The number of hydrogen-bond acceptors (Lipinski definition) is 0. The van der Waals surface area contributed by atoms with Gasteiger partial charge in [0.15, 0.2) is 9.85 Å². The Labute approximate surface area is 146 Å². The van der Waals surface area contributed by atoms with Crippen LogP contribution in [0.4, 0.5) is 4.11 Å². The summed E-state index contributed by atoms with van der Waals surface area (Å²) in [5.74, 6) is 0. The van der Waals surface area contributed by atoms with Crippen molar-refractivity contribution in [1.82, 2.24) is 0 Å². The summed E-state index contributed by atoms with van der Waals surface area (Å²) in [4.78, 5) is 0. The Balaban J connectivity index is -0.0000000881. The van der Waals surface area contributed by atoms with Crippen molar-refractivity contribution in [3.8, 4) is 0 Å². The molecule has 0 fully saturated rings. The zero-order valence-corrected chi connectivity index (χ0v) is 17.5. The third kappa shape index (κ3) is 63.4. The maximum Gasteiger partial charge on any atom is 4.00 e. The minimum atomic E-state index is -1.37. The summed E-state index contributed by atoms with van der Waals surface area (Å²) in [6.45, 7) is 11.0.